The standard InChI is InChI=1S/C20H17N3O/c1-15-12-20(24)23-19(21-15)13-18(17-10-6-3-7-11-17)22(23)14-16-8-4-2-5-9-16/h2-13H,14H2,1H3. The Hall–Kier alpha value is -3.14. The zero-order valence-corrected chi connectivity index (χ0v) is 13.4. The maximum atomic E-state index is 12.6. The molecule has 4 rings (SSSR count). The lowest BCUT2D eigenvalue weighted by molar-refractivity contribution is 0.626. The zero-order chi connectivity index (χ0) is 16.5. The normalized spacial score (nSPS) is 11.0. The molecule has 0 saturated heterocycles. The number of aromatic nitrogens is 3. The Labute approximate surface area is 139 Å². The lowest BCUT2D eigenvalue weighted by atomic mass is 10.1. The van der Waals surface area contributed by atoms with E-state index >= 15 is 0 Å². The first-order chi connectivity index (χ1) is 11.7. The zero-order valence-electron chi connectivity index (χ0n) is 13.4. The van der Waals surface area contributed by atoms with Gasteiger partial charge in [0.05, 0.1) is 12.2 Å². The molecule has 0 fully saturated rings. The van der Waals surface area contributed by atoms with Crippen LogP contribution in [0.2, 0.25) is 0 Å². The average Bonchev–Trinajstić information content (AvgIpc) is 2.95. The van der Waals surface area contributed by atoms with Crippen molar-refractivity contribution in [2.24, 2.45) is 0 Å². The number of hydrogen-bond donors (Lipinski definition) is 0. The van der Waals surface area contributed by atoms with Crippen LogP contribution in [0.4, 0.5) is 0 Å². The SMILES string of the molecule is Cc1cc(=O)n2c(cc(-c3ccccc3)n2Cc2ccccc2)n1. The Morgan fingerprint density at radius 1 is 0.917 bits per heavy atom. The first-order valence-corrected chi connectivity index (χ1v) is 7.92. The molecule has 2 heterocycles. The fourth-order valence-corrected chi connectivity index (χ4v) is 3.01. The molecule has 0 unspecified atom stereocenters. The molecule has 0 aliphatic heterocycles. The first-order valence-electron chi connectivity index (χ1n) is 7.92. The van der Waals surface area contributed by atoms with Crippen LogP contribution in [0.25, 0.3) is 16.9 Å². The van der Waals surface area contributed by atoms with Crippen LogP contribution in [0.5, 0.6) is 0 Å². The highest BCUT2D eigenvalue weighted by atomic mass is 16.1. The van der Waals surface area contributed by atoms with Gasteiger partial charge in [0.1, 0.15) is 0 Å². The van der Waals surface area contributed by atoms with Crippen LogP contribution >= 0.6 is 0 Å². The van der Waals surface area contributed by atoms with E-state index in [1.807, 2.05) is 66.2 Å². The van der Waals surface area contributed by atoms with Crippen molar-refractivity contribution in [3.63, 3.8) is 0 Å². The Morgan fingerprint density at radius 3 is 2.29 bits per heavy atom. The molecule has 2 aromatic carbocycles. The summed E-state index contributed by atoms with van der Waals surface area (Å²) in [7, 11) is 0. The van der Waals surface area contributed by atoms with Crippen molar-refractivity contribution in [2.75, 3.05) is 0 Å². The fourth-order valence-electron chi connectivity index (χ4n) is 3.01. The van der Waals surface area contributed by atoms with Crippen LogP contribution < -0.4 is 5.56 Å². The van der Waals surface area contributed by atoms with Gasteiger partial charge >= 0.3 is 0 Å². The Kier molecular flexibility index (Phi) is 3.50. The highest BCUT2D eigenvalue weighted by Crippen LogP contribution is 2.22. The Bertz CT molecular complexity index is 1050. The van der Waals surface area contributed by atoms with Crippen molar-refractivity contribution in [1.29, 1.82) is 0 Å². The van der Waals surface area contributed by atoms with Gasteiger partial charge in [0.2, 0.25) is 0 Å². The molecule has 0 aliphatic rings. The van der Waals surface area contributed by atoms with E-state index in [1.54, 1.807) is 10.6 Å². The van der Waals surface area contributed by atoms with Crippen LogP contribution in [-0.2, 0) is 6.54 Å². The van der Waals surface area contributed by atoms with Gasteiger partial charge in [-0.1, -0.05) is 60.7 Å². The number of nitrogens with zero attached hydrogens (tertiary/aromatic N) is 3. The molecule has 0 amide bonds. The maximum Gasteiger partial charge on any atom is 0.273 e. The summed E-state index contributed by atoms with van der Waals surface area (Å²) < 4.78 is 3.65. The molecule has 24 heavy (non-hydrogen) atoms. The van der Waals surface area contributed by atoms with Crippen molar-refractivity contribution >= 4 is 5.65 Å². The number of fused-ring (bicyclic) bond motifs is 1. The predicted molar refractivity (Wildman–Crippen MR) is 95.2 cm³/mol. The van der Waals surface area contributed by atoms with E-state index in [-0.39, 0.29) is 5.56 Å². The highest BCUT2D eigenvalue weighted by Gasteiger charge is 2.13. The summed E-state index contributed by atoms with van der Waals surface area (Å²) in [6.45, 7) is 2.46. The summed E-state index contributed by atoms with van der Waals surface area (Å²) in [5, 5.41) is 0. The monoisotopic (exact) mass is 315 g/mol. The van der Waals surface area contributed by atoms with Gasteiger partial charge in [-0.2, -0.15) is 4.52 Å². The largest absolute Gasteiger partial charge is 0.273 e. The molecular weight excluding hydrogens is 298 g/mol. The first kappa shape index (κ1) is 14.5. The minimum Gasteiger partial charge on any atom is -0.272 e. The van der Waals surface area contributed by atoms with Crippen LogP contribution in [0.15, 0.2) is 77.6 Å². The van der Waals surface area contributed by atoms with E-state index in [2.05, 4.69) is 17.1 Å². The minimum atomic E-state index is -0.0596. The average molecular weight is 315 g/mol. The molecule has 0 atom stereocenters. The molecule has 0 N–H and O–H groups in total. The molecule has 0 saturated carbocycles. The smallest absolute Gasteiger partial charge is 0.272 e. The second-order valence-electron chi connectivity index (χ2n) is 5.84. The van der Waals surface area contributed by atoms with Gasteiger partial charge in [0.25, 0.3) is 5.56 Å². The third kappa shape index (κ3) is 2.52. The van der Waals surface area contributed by atoms with Crippen molar-refractivity contribution in [2.45, 2.75) is 13.5 Å². The minimum absolute atomic E-state index is 0.0596. The summed E-state index contributed by atoms with van der Waals surface area (Å²) in [4.78, 5) is 17.1. The van der Waals surface area contributed by atoms with E-state index in [1.165, 1.54) is 0 Å². The van der Waals surface area contributed by atoms with Crippen LogP contribution in [0.3, 0.4) is 0 Å². The Morgan fingerprint density at radius 2 is 1.58 bits per heavy atom. The molecular formula is C20H17N3O. The number of rotatable bonds is 3. The fraction of sp³-hybridized carbons (Fsp3) is 0.100. The van der Waals surface area contributed by atoms with Crippen molar-refractivity contribution < 1.29 is 0 Å². The summed E-state index contributed by atoms with van der Waals surface area (Å²) in [6.07, 6.45) is 0. The van der Waals surface area contributed by atoms with Crippen molar-refractivity contribution in [1.82, 2.24) is 14.2 Å². The summed E-state index contributed by atoms with van der Waals surface area (Å²) >= 11 is 0. The van der Waals surface area contributed by atoms with Crippen molar-refractivity contribution in [3.05, 3.63) is 94.4 Å². The molecule has 0 radical (unpaired) electrons. The highest BCUT2D eigenvalue weighted by molar-refractivity contribution is 5.65. The molecule has 118 valence electrons. The number of benzene rings is 2. The summed E-state index contributed by atoms with van der Waals surface area (Å²) in [5.41, 5.74) is 4.53. The van der Waals surface area contributed by atoms with Gasteiger partial charge in [0.15, 0.2) is 5.65 Å². The summed E-state index contributed by atoms with van der Waals surface area (Å²) in [6, 6.07) is 23.8. The summed E-state index contributed by atoms with van der Waals surface area (Å²) in [5.74, 6) is 0. The lowest BCUT2D eigenvalue weighted by Crippen LogP contribution is -2.22. The molecule has 0 bridgehead atoms. The van der Waals surface area contributed by atoms with E-state index in [0.29, 0.717) is 12.2 Å². The van der Waals surface area contributed by atoms with Gasteiger partial charge in [-0.25, -0.2) is 4.98 Å². The van der Waals surface area contributed by atoms with Crippen molar-refractivity contribution in [3.8, 4) is 11.3 Å². The molecule has 2 aromatic heterocycles. The van der Waals surface area contributed by atoms with Crippen LogP contribution in [0, 0.1) is 6.92 Å². The Balaban J connectivity index is 1.99. The third-order valence-electron chi connectivity index (χ3n) is 4.08. The van der Waals surface area contributed by atoms with Crippen LogP contribution in [-0.4, -0.2) is 14.2 Å². The van der Waals surface area contributed by atoms with Crippen LogP contribution in [0.1, 0.15) is 11.3 Å². The van der Waals surface area contributed by atoms with Gasteiger partial charge in [-0.3, -0.25) is 9.48 Å². The van der Waals surface area contributed by atoms with E-state index in [4.69, 9.17) is 0 Å². The topological polar surface area (TPSA) is 39.3 Å². The van der Waals surface area contributed by atoms with Gasteiger partial charge in [-0.05, 0) is 18.1 Å². The molecule has 0 aliphatic carbocycles. The third-order valence-corrected chi connectivity index (χ3v) is 4.08. The molecule has 4 nitrogen and oxygen atoms in total. The van der Waals surface area contributed by atoms with Gasteiger partial charge in [0, 0.05) is 17.8 Å². The number of hydrogen-bond acceptors (Lipinski definition) is 2. The number of aryl methyl sites for hydroxylation is 1. The maximum absolute atomic E-state index is 12.6. The van der Waals surface area contributed by atoms with Gasteiger partial charge in [-0.15, -0.1) is 0 Å². The van der Waals surface area contributed by atoms with E-state index in [0.717, 1.165) is 22.5 Å². The predicted octanol–water partition coefficient (Wildman–Crippen LogP) is 3.52. The van der Waals surface area contributed by atoms with E-state index in [9.17, 15) is 4.79 Å². The second-order valence-corrected chi connectivity index (χ2v) is 5.84. The van der Waals surface area contributed by atoms with E-state index < -0.39 is 0 Å². The molecule has 4 aromatic rings. The second kappa shape index (κ2) is 5.81. The quantitative estimate of drug-likeness (QED) is 0.580. The molecule has 4 heteroatoms. The molecule has 0 spiro atoms. The lowest BCUT2D eigenvalue weighted by Gasteiger charge is -2.11. The van der Waals surface area contributed by atoms with Gasteiger partial charge < -0.3 is 0 Å².